The maximum absolute atomic E-state index is 13.0. The van der Waals surface area contributed by atoms with E-state index in [0.717, 1.165) is 35.5 Å². The highest BCUT2D eigenvalue weighted by atomic mass is 32.1. The van der Waals surface area contributed by atoms with Gasteiger partial charge in [0.15, 0.2) is 4.96 Å². The predicted molar refractivity (Wildman–Crippen MR) is 124 cm³/mol. The number of fused-ring (bicyclic) bond motifs is 1. The number of imidazole rings is 1. The first kappa shape index (κ1) is 19.6. The molecule has 0 unspecified atom stereocenters. The molecule has 2 aromatic carbocycles. The van der Waals surface area contributed by atoms with E-state index in [2.05, 4.69) is 33.4 Å². The predicted octanol–water partition coefficient (Wildman–Crippen LogP) is 5.31. The van der Waals surface area contributed by atoms with Gasteiger partial charge >= 0.3 is 6.03 Å². The van der Waals surface area contributed by atoms with Gasteiger partial charge in [-0.2, -0.15) is 0 Å². The van der Waals surface area contributed by atoms with Crippen LogP contribution < -0.4 is 10.1 Å². The van der Waals surface area contributed by atoms with E-state index in [9.17, 15) is 4.79 Å². The molecule has 1 aliphatic rings. The fraction of sp³-hybridized carbons (Fsp3) is 0.250. The van der Waals surface area contributed by atoms with E-state index < -0.39 is 0 Å². The van der Waals surface area contributed by atoms with Crippen LogP contribution in [0.4, 0.5) is 10.5 Å². The Balaban J connectivity index is 1.31. The molecule has 31 heavy (non-hydrogen) atoms. The van der Waals surface area contributed by atoms with Crippen LogP contribution in [0.25, 0.3) is 16.2 Å². The third-order valence-corrected chi connectivity index (χ3v) is 6.45. The number of rotatable bonds is 7. The third kappa shape index (κ3) is 4.14. The number of carbonyl (C=O) groups is 1. The highest BCUT2D eigenvalue weighted by molar-refractivity contribution is 7.15. The number of ether oxygens (including phenoxy) is 1. The fourth-order valence-corrected chi connectivity index (χ4v) is 4.67. The van der Waals surface area contributed by atoms with Crippen molar-refractivity contribution in [1.82, 2.24) is 14.3 Å². The molecule has 1 aliphatic carbocycles. The maximum atomic E-state index is 13.0. The first-order valence-electron chi connectivity index (χ1n) is 10.4. The average Bonchev–Trinajstić information content (AvgIpc) is 3.43. The van der Waals surface area contributed by atoms with Crippen molar-refractivity contribution >= 4 is 28.0 Å². The lowest BCUT2D eigenvalue weighted by atomic mass is 10.2. The summed E-state index contributed by atoms with van der Waals surface area (Å²) in [6.07, 6.45) is 4.98. The standard InChI is InChI=1S/C24H24N4O2S/c1-30-22-10-6-5-9-20(22)25-23(29)27(18-11-12-18)14-13-19-16-31-24-26-21(15-28(19)24)17-7-3-2-4-8-17/h2-10,15-16,18H,11-14H2,1H3,(H,25,29). The van der Waals surface area contributed by atoms with Gasteiger partial charge in [-0.15, -0.1) is 11.3 Å². The molecular weight excluding hydrogens is 408 g/mol. The Labute approximate surface area is 185 Å². The van der Waals surface area contributed by atoms with Gasteiger partial charge in [0.2, 0.25) is 0 Å². The lowest BCUT2D eigenvalue weighted by Crippen LogP contribution is -2.38. The number of anilines is 1. The van der Waals surface area contributed by atoms with Crippen LogP contribution >= 0.6 is 11.3 Å². The van der Waals surface area contributed by atoms with Crippen LogP contribution in [-0.4, -0.2) is 40.0 Å². The molecule has 0 atom stereocenters. The van der Waals surface area contributed by atoms with Crippen LogP contribution in [0.2, 0.25) is 0 Å². The van der Waals surface area contributed by atoms with Gasteiger partial charge in [0, 0.05) is 41.8 Å². The van der Waals surface area contributed by atoms with Crippen molar-refractivity contribution in [2.24, 2.45) is 0 Å². The number of methoxy groups -OCH3 is 1. The van der Waals surface area contributed by atoms with Crippen LogP contribution in [0.1, 0.15) is 18.5 Å². The zero-order valence-corrected chi connectivity index (χ0v) is 18.1. The molecule has 0 bridgehead atoms. The van der Waals surface area contributed by atoms with E-state index in [1.54, 1.807) is 18.4 Å². The number of thiazole rings is 1. The smallest absolute Gasteiger partial charge is 0.322 e. The zero-order valence-electron chi connectivity index (χ0n) is 17.3. The Bertz CT molecular complexity index is 1200. The number of para-hydroxylation sites is 2. The van der Waals surface area contributed by atoms with Crippen molar-refractivity contribution in [2.45, 2.75) is 25.3 Å². The summed E-state index contributed by atoms with van der Waals surface area (Å²) in [6.45, 7) is 0.663. The largest absolute Gasteiger partial charge is 0.495 e. The number of nitrogens with zero attached hydrogens (tertiary/aromatic N) is 3. The van der Waals surface area contributed by atoms with Gasteiger partial charge in [0.05, 0.1) is 18.5 Å². The molecule has 158 valence electrons. The second-order valence-electron chi connectivity index (χ2n) is 7.68. The maximum Gasteiger partial charge on any atom is 0.322 e. The highest BCUT2D eigenvalue weighted by Gasteiger charge is 2.32. The highest BCUT2D eigenvalue weighted by Crippen LogP contribution is 2.30. The molecule has 2 heterocycles. The zero-order chi connectivity index (χ0) is 21.2. The van der Waals surface area contributed by atoms with Crippen LogP contribution in [0, 0.1) is 0 Å². The van der Waals surface area contributed by atoms with Gasteiger partial charge in [-0.3, -0.25) is 4.40 Å². The summed E-state index contributed by atoms with van der Waals surface area (Å²) < 4.78 is 7.51. The molecule has 0 saturated heterocycles. The van der Waals surface area contributed by atoms with Gasteiger partial charge in [0.25, 0.3) is 0 Å². The summed E-state index contributed by atoms with van der Waals surface area (Å²) in [5.74, 6) is 0.665. The molecule has 2 aromatic heterocycles. The van der Waals surface area contributed by atoms with Crippen LogP contribution in [-0.2, 0) is 6.42 Å². The number of nitrogens with one attached hydrogen (secondary N) is 1. The Morgan fingerprint density at radius 1 is 1.19 bits per heavy atom. The minimum absolute atomic E-state index is 0.0749. The van der Waals surface area contributed by atoms with Gasteiger partial charge < -0.3 is 15.0 Å². The summed E-state index contributed by atoms with van der Waals surface area (Å²) in [6, 6.07) is 17.9. The number of hydrogen-bond acceptors (Lipinski definition) is 4. The monoisotopic (exact) mass is 432 g/mol. The van der Waals surface area contributed by atoms with Crippen molar-refractivity contribution in [2.75, 3.05) is 19.0 Å². The third-order valence-electron chi connectivity index (χ3n) is 5.56. The lowest BCUT2D eigenvalue weighted by Gasteiger charge is -2.23. The number of carbonyl (C=O) groups excluding carboxylic acids is 1. The minimum atomic E-state index is -0.0749. The molecule has 2 amide bonds. The molecule has 1 saturated carbocycles. The summed E-state index contributed by atoms with van der Waals surface area (Å²) >= 11 is 1.64. The SMILES string of the molecule is COc1ccccc1NC(=O)N(CCc1csc2nc(-c3ccccc3)cn12)C1CC1. The van der Waals surface area contributed by atoms with Crippen molar-refractivity contribution in [3.63, 3.8) is 0 Å². The van der Waals surface area contributed by atoms with E-state index in [1.165, 1.54) is 5.69 Å². The Morgan fingerprint density at radius 2 is 1.97 bits per heavy atom. The van der Waals surface area contributed by atoms with Gasteiger partial charge in [-0.25, -0.2) is 9.78 Å². The average molecular weight is 433 g/mol. The topological polar surface area (TPSA) is 58.9 Å². The molecule has 4 aromatic rings. The van der Waals surface area contributed by atoms with E-state index in [1.807, 2.05) is 47.4 Å². The molecular formula is C24H24N4O2S. The molecule has 6 nitrogen and oxygen atoms in total. The van der Waals surface area contributed by atoms with Crippen molar-refractivity contribution in [1.29, 1.82) is 0 Å². The minimum Gasteiger partial charge on any atom is -0.495 e. The Morgan fingerprint density at radius 3 is 2.74 bits per heavy atom. The van der Waals surface area contributed by atoms with Crippen molar-refractivity contribution in [3.8, 4) is 17.0 Å². The lowest BCUT2D eigenvalue weighted by molar-refractivity contribution is 0.209. The van der Waals surface area contributed by atoms with Crippen LogP contribution in [0.5, 0.6) is 5.75 Å². The summed E-state index contributed by atoms with van der Waals surface area (Å²) in [4.78, 5) is 20.7. The Kier molecular flexibility index (Phi) is 5.34. The number of hydrogen-bond donors (Lipinski definition) is 1. The van der Waals surface area contributed by atoms with Crippen molar-refractivity contribution in [3.05, 3.63) is 71.9 Å². The fourth-order valence-electron chi connectivity index (χ4n) is 3.76. The summed E-state index contributed by atoms with van der Waals surface area (Å²) in [7, 11) is 1.61. The summed E-state index contributed by atoms with van der Waals surface area (Å²) in [5, 5.41) is 5.16. The van der Waals surface area contributed by atoms with Gasteiger partial charge in [0.1, 0.15) is 5.75 Å². The molecule has 5 rings (SSSR count). The number of amides is 2. The Hall–Kier alpha value is -3.32. The second-order valence-corrected chi connectivity index (χ2v) is 8.51. The molecule has 0 spiro atoms. The first-order chi connectivity index (χ1) is 15.2. The number of aromatic nitrogens is 2. The summed E-state index contributed by atoms with van der Waals surface area (Å²) in [5.41, 5.74) is 3.95. The molecule has 1 fully saturated rings. The van der Waals surface area contributed by atoms with E-state index in [-0.39, 0.29) is 6.03 Å². The van der Waals surface area contributed by atoms with Gasteiger partial charge in [-0.1, -0.05) is 42.5 Å². The molecule has 0 radical (unpaired) electrons. The van der Waals surface area contributed by atoms with Gasteiger partial charge in [-0.05, 0) is 25.0 Å². The molecule has 1 N–H and O–H groups in total. The number of urea groups is 1. The van der Waals surface area contributed by atoms with Crippen LogP contribution in [0.15, 0.2) is 66.2 Å². The molecule has 0 aliphatic heterocycles. The normalized spacial score (nSPS) is 13.3. The number of benzene rings is 2. The van der Waals surface area contributed by atoms with Crippen molar-refractivity contribution < 1.29 is 9.53 Å². The second kappa shape index (κ2) is 8.43. The first-order valence-corrected chi connectivity index (χ1v) is 11.3. The molecule has 7 heteroatoms. The van der Waals surface area contributed by atoms with Crippen LogP contribution in [0.3, 0.4) is 0 Å². The van der Waals surface area contributed by atoms with E-state index in [0.29, 0.717) is 24.0 Å². The van der Waals surface area contributed by atoms with E-state index in [4.69, 9.17) is 9.72 Å². The van der Waals surface area contributed by atoms with E-state index >= 15 is 0 Å². The quantitative estimate of drug-likeness (QED) is 0.431.